The molecule has 35 heavy (non-hydrogen) atoms. The Morgan fingerprint density at radius 1 is 1.14 bits per heavy atom. The molecule has 178 valence electrons. The van der Waals surface area contributed by atoms with Crippen LogP contribution in [0.4, 0.5) is 5.69 Å². The second kappa shape index (κ2) is 10.2. The molecule has 4 rings (SSSR count). The number of carbonyl (C=O) groups is 1. The lowest BCUT2D eigenvalue weighted by molar-refractivity contribution is -0.114. The van der Waals surface area contributed by atoms with Gasteiger partial charge in [-0.25, -0.2) is 18.1 Å². The van der Waals surface area contributed by atoms with Gasteiger partial charge in [-0.15, -0.1) is 11.3 Å². The first kappa shape index (κ1) is 24.3. The van der Waals surface area contributed by atoms with Gasteiger partial charge in [0.25, 0.3) is 0 Å². The zero-order valence-corrected chi connectivity index (χ0v) is 20.6. The van der Waals surface area contributed by atoms with Crippen LogP contribution in [-0.2, 0) is 21.2 Å². The van der Waals surface area contributed by atoms with Crippen molar-refractivity contribution in [1.29, 1.82) is 5.26 Å². The van der Waals surface area contributed by atoms with Crippen molar-refractivity contribution in [2.75, 3.05) is 12.4 Å². The number of nitriles is 1. The molecule has 0 fully saturated rings. The van der Waals surface area contributed by atoms with Crippen molar-refractivity contribution in [2.24, 2.45) is 0 Å². The highest BCUT2D eigenvalue weighted by Gasteiger charge is 2.25. The van der Waals surface area contributed by atoms with E-state index in [-0.39, 0.29) is 10.8 Å². The Morgan fingerprint density at radius 2 is 1.91 bits per heavy atom. The van der Waals surface area contributed by atoms with Crippen molar-refractivity contribution in [3.8, 4) is 11.8 Å². The number of amides is 1. The lowest BCUT2D eigenvalue weighted by atomic mass is 10.0. The van der Waals surface area contributed by atoms with Crippen LogP contribution in [0.5, 0.6) is 5.75 Å². The average Bonchev–Trinajstić information content (AvgIpc) is 3.27. The summed E-state index contributed by atoms with van der Waals surface area (Å²) in [6.45, 7) is 1.38. The summed E-state index contributed by atoms with van der Waals surface area (Å²) in [4.78, 5) is 16.0. The minimum Gasteiger partial charge on any atom is -0.497 e. The molecule has 8 nitrogen and oxygen atoms in total. The first-order valence-corrected chi connectivity index (χ1v) is 12.9. The number of carbonyl (C=O) groups excluding carboxylic acids is 1. The van der Waals surface area contributed by atoms with E-state index in [0.717, 1.165) is 15.8 Å². The summed E-state index contributed by atoms with van der Waals surface area (Å²) in [5.74, 6) is 0.441. The molecule has 1 aromatic heterocycles. The number of sulfonamides is 1. The van der Waals surface area contributed by atoms with Crippen LogP contribution in [0.25, 0.3) is 10.2 Å². The van der Waals surface area contributed by atoms with E-state index in [4.69, 9.17) is 4.74 Å². The van der Waals surface area contributed by atoms with Crippen LogP contribution in [0.1, 0.15) is 29.1 Å². The molecule has 1 heterocycles. The van der Waals surface area contributed by atoms with Crippen molar-refractivity contribution in [3.63, 3.8) is 0 Å². The van der Waals surface area contributed by atoms with Gasteiger partial charge in [0, 0.05) is 12.6 Å². The standard InChI is InChI=1S/C25H22N4O4S2/c1-16(30)27-19-6-9-21(10-7-19)35(31,32)29-23(13-17-4-3-5-18(12-17)15-26)25-28-22-11-8-20(33-2)14-24(22)34-25/h3-12,14,23,29H,13H2,1-2H3,(H,27,30). The molecule has 1 unspecified atom stereocenters. The highest BCUT2D eigenvalue weighted by molar-refractivity contribution is 7.89. The molecule has 0 saturated heterocycles. The minimum absolute atomic E-state index is 0.0603. The predicted octanol–water partition coefficient (Wildman–Crippen LogP) is 4.40. The van der Waals surface area contributed by atoms with Crippen molar-refractivity contribution in [3.05, 3.63) is 82.9 Å². The molecule has 0 aliphatic heterocycles. The largest absolute Gasteiger partial charge is 0.497 e. The number of fused-ring (bicyclic) bond motifs is 1. The maximum absolute atomic E-state index is 13.3. The number of ether oxygens (including phenoxy) is 1. The third-order valence-corrected chi connectivity index (χ3v) is 7.81. The van der Waals surface area contributed by atoms with E-state index in [1.165, 1.54) is 42.5 Å². The number of nitrogens with one attached hydrogen (secondary N) is 2. The predicted molar refractivity (Wildman–Crippen MR) is 135 cm³/mol. The number of rotatable bonds is 8. The molecule has 0 aliphatic rings. The molecule has 0 aliphatic carbocycles. The molecular weight excluding hydrogens is 484 g/mol. The third-order valence-electron chi connectivity index (χ3n) is 5.19. The number of anilines is 1. The molecule has 1 amide bonds. The van der Waals surface area contributed by atoms with Crippen LogP contribution in [0, 0.1) is 11.3 Å². The summed E-state index contributed by atoms with van der Waals surface area (Å²) < 4.78 is 35.5. The Labute approximate surface area is 207 Å². The summed E-state index contributed by atoms with van der Waals surface area (Å²) in [7, 11) is -2.34. The highest BCUT2D eigenvalue weighted by Crippen LogP contribution is 2.32. The number of benzene rings is 3. The normalized spacial score (nSPS) is 12.1. The second-order valence-electron chi connectivity index (χ2n) is 7.78. The zero-order chi connectivity index (χ0) is 25.0. The second-order valence-corrected chi connectivity index (χ2v) is 10.6. The van der Waals surface area contributed by atoms with Crippen LogP contribution in [0.3, 0.4) is 0 Å². The van der Waals surface area contributed by atoms with E-state index in [1.54, 1.807) is 31.4 Å². The number of nitrogens with zero attached hydrogens (tertiary/aromatic N) is 2. The third kappa shape index (κ3) is 5.84. The first-order valence-electron chi connectivity index (χ1n) is 10.6. The molecule has 1 atom stereocenters. The number of aromatic nitrogens is 1. The molecule has 4 aromatic rings. The SMILES string of the molecule is COc1ccc2nc(C(Cc3cccc(C#N)c3)NS(=O)(=O)c3ccc(NC(C)=O)cc3)sc2c1. The summed E-state index contributed by atoms with van der Waals surface area (Å²) >= 11 is 1.38. The van der Waals surface area contributed by atoms with Gasteiger partial charge in [0.15, 0.2) is 0 Å². The monoisotopic (exact) mass is 506 g/mol. The van der Waals surface area contributed by atoms with Crippen molar-refractivity contribution in [1.82, 2.24) is 9.71 Å². The fourth-order valence-corrected chi connectivity index (χ4v) is 5.88. The molecule has 3 aromatic carbocycles. The van der Waals surface area contributed by atoms with Gasteiger partial charge >= 0.3 is 0 Å². The average molecular weight is 507 g/mol. The van der Waals surface area contributed by atoms with Gasteiger partial charge in [-0.3, -0.25) is 4.79 Å². The smallest absolute Gasteiger partial charge is 0.241 e. The molecule has 0 radical (unpaired) electrons. The van der Waals surface area contributed by atoms with Gasteiger partial charge in [0.05, 0.1) is 39.9 Å². The van der Waals surface area contributed by atoms with Gasteiger partial charge in [0.1, 0.15) is 10.8 Å². The Morgan fingerprint density at radius 3 is 2.60 bits per heavy atom. The fourth-order valence-electron chi connectivity index (χ4n) is 3.56. The van der Waals surface area contributed by atoms with Crippen molar-refractivity contribution >= 4 is 43.2 Å². The maximum Gasteiger partial charge on any atom is 0.241 e. The van der Waals surface area contributed by atoms with Crippen LogP contribution in [0.2, 0.25) is 0 Å². The van der Waals surface area contributed by atoms with Crippen molar-refractivity contribution in [2.45, 2.75) is 24.3 Å². The van der Waals surface area contributed by atoms with Gasteiger partial charge < -0.3 is 10.1 Å². The van der Waals surface area contributed by atoms with Crippen LogP contribution in [-0.4, -0.2) is 26.4 Å². The molecule has 0 bridgehead atoms. The number of methoxy groups -OCH3 is 1. The molecule has 10 heteroatoms. The quantitative estimate of drug-likeness (QED) is 0.365. The summed E-state index contributed by atoms with van der Waals surface area (Å²) in [5, 5.41) is 12.5. The summed E-state index contributed by atoms with van der Waals surface area (Å²) in [5.41, 5.74) is 2.53. The lowest BCUT2D eigenvalue weighted by Crippen LogP contribution is -2.30. The Hall–Kier alpha value is -3.78. The van der Waals surface area contributed by atoms with Crippen LogP contribution < -0.4 is 14.8 Å². The van der Waals surface area contributed by atoms with Crippen molar-refractivity contribution < 1.29 is 17.9 Å². The van der Waals surface area contributed by atoms with Gasteiger partial charge in [-0.2, -0.15) is 5.26 Å². The number of thiazole rings is 1. The zero-order valence-electron chi connectivity index (χ0n) is 19.0. The summed E-state index contributed by atoms with van der Waals surface area (Å²) in [6, 6.07) is 19.9. The maximum atomic E-state index is 13.3. The molecular formula is C25H22N4O4S2. The van der Waals surface area contributed by atoms with E-state index in [0.29, 0.717) is 28.4 Å². The van der Waals surface area contributed by atoms with E-state index in [1.807, 2.05) is 18.2 Å². The highest BCUT2D eigenvalue weighted by atomic mass is 32.2. The van der Waals surface area contributed by atoms with Gasteiger partial charge in [-0.05, 0) is 66.6 Å². The van der Waals surface area contributed by atoms with Crippen LogP contribution >= 0.6 is 11.3 Å². The van der Waals surface area contributed by atoms with Gasteiger partial charge in [0.2, 0.25) is 15.9 Å². The molecule has 2 N–H and O–H groups in total. The van der Waals surface area contributed by atoms with E-state index in [2.05, 4.69) is 21.1 Å². The van der Waals surface area contributed by atoms with E-state index in [9.17, 15) is 18.5 Å². The topological polar surface area (TPSA) is 121 Å². The first-order chi connectivity index (χ1) is 16.8. The molecule has 0 spiro atoms. The molecule has 0 saturated carbocycles. The van der Waals surface area contributed by atoms with Gasteiger partial charge in [-0.1, -0.05) is 12.1 Å². The Bertz CT molecular complexity index is 1520. The number of hydrogen-bond donors (Lipinski definition) is 2. The number of hydrogen-bond acceptors (Lipinski definition) is 7. The lowest BCUT2D eigenvalue weighted by Gasteiger charge is -2.17. The van der Waals surface area contributed by atoms with E-state index >= 15 is 0 Å². The Kier molecular flexibility index (Phi) is 7.12. The fraction of sp³-hybridized carbons (Fsp3) is 0.160. The summed E-state index contributed by atoms with van der Waals surface area (Å²) in [6.07, 6.45) is 0.301. The Balaban J connectivity index is 1.69. The van der Waals surface area contributed by atoms with E-state index < -0.39 is 16.1 Å². The minimum atomic E-state index is -3.92. The van der Waals surface area contributed by atoms with Crippen LogP contribution in [0.15, 0.2) is 71.6 Å².